The van der Waals surface area contributed by atoms with Crippen LogP contribution < -0.4 is 4.74 Å². The molecule has 3 heteroatoms. The minimum Gasteiger partial charge on any atom is -0.487 e. The topological polar surface area (TPSA) is 25.4 Å². The molecule has 0 bridgehead atoms. The van der Waals surface area contributed by atoms with Crippen LogP contribution in [-0.4, -0.2) is 16.4 Å². The summed E-state index contributed by atoms with van der Waals surface area (Å²) in [4.78, 5) is 7.14. The van der Waals surface area contributed by atoms with Crippen molar-refractivity contribution < 1.29 is 4.74 Å². The first-order valence-electron chi connectivity index (χ1n) is 11.8. The molecule has 0 saturated carbocycles. The minimum atomic E-state index is 0.259. The molecule has 0 N–H and O–H groups in total. The minimum absolute atomic E-state index is 0.259. The molecule has 0 fully saturated rings. The highest BCUT2D eigenvalue weighted by Gasteiger charge is 2.28. The van der Waals surface area contributed by atoms with E-state index < -0.39 is 0 Å². The molecule has 0 unspecified atom stereocenters. The third-order valence-corrected chi connectivity index (χ3v) is 5.72. The Hall–Kier alpha value is -2.29. The predicted molar refractivity (Wildman–Crippen MR) is 132 cm³/mol. The van der Waals surface area contributed by atoms with Gasteiger partial charge in [0.15, 0.2) is 0 Å². The van der Waals surface area contributed by atoms with Gasteiger partial charge < -0.3 is 9.64 Å². The summed E-state index contributed by atoms with van der Waals surface area (Å²) in [5.41, 5.74) is 7.56. The number of pyridine rings is 1. The van der Waals surface area contributed by atoms with Crippen molar-refractivity contribution in [3.05, 3.63) is 70.7 Å². The van der Waals surface area contributed by atoms with Crippen molar-refractivity contribution in [2.45, 2.75) is 87.3 Å². The van der Waals surface area contributed by atoms with E-state index in [1.54, 1.807) is 0 Å². The van der Waals surface area contributed by atoms with E-state index in [1.165, 1.54) is 22.4 Å². The summed E-state index contributed by atoms with van der Waals surface area (Å²) in [6.45, 7) is 23.2. The van der Waals surface area contributed by atoms with Gasteiger partial charge in [-0.2, -0.15) is 0 Å². The van der Waals surface area contributed by atoms with E-state index in [0.717, 1.165) is 42.9 Å². The van der Waals surface area contributed by atoms with E-state index in [-0.39, 0.29) is 5.41 Å². The van der Waals surface area contributed by atoms with Crippen LogP contribution in [0.15, 0.2) is 42.6 Å². The molecule has 1 aromatic carbocycles. The van der Waals surface area contributed by atoms with E-state index in [0.29, 0.717) is 12.6 Å². The Balaban J connectivity index is 0.00000166. The summed E-state index contributed by atoms with van der Waals surface area (Å²) >= 11 is 0. The summed E-state index contributed by atoms with van der Waals surface area (Å²) in [5.74, 6) is 0.934. The SMILES string of the molecule is C=C(CC(C)(C)C)N1CCc2cc(OCc3nc(C)ccc3C)ccc2[C@@H]1CC.CC. The fourth-order valence-electron chi connectivity index (χ4n) is 4.29. The lowest BCUT2D eigenvalue weighted by Gasteiger charge is -2.41. The molecule has 0 spiro atoms. The zero-order chi connectivity index (χ0) is 23.2. The quantitative estimate of drug-likeness (QED) is 0.480. The van der Waals surface area contributed by atoms with Crippen molar-refractivity contribution in [3.8, 4) is 5.75 Å². The van der Waals surface area contributed by atoms with Crippen LogP contribution in [0, 0.1) is 19.3 Å². The first-order valence-corrected chi connectivity index (χ1v) is 11.8. The first kappa shape index (κ1) is 25.0. The van der Waals surface area contributed by atoms with Crippen LogP contribution in [0.2, 0.25) is 0 Å². The van der Waals surface area contributed by atoms with E-state index in [2.05, 4.69) is 75.3 Å². The number of hydrogen-bond donors (Lipinski definition) is 0. The van der Waals surface area contributed by atoms with Crippen LogP contribution in [-0.2, 0) is 13.0 Å². The fourth-order valence-corrected chi connectivity index (χ4v) is 4.29. The third-order valence-electron chi connectivity index (χ3n) is 5.72. The van der Waals surface area contributed by atoms with Crippen molar-refractivity contribution >= 4 is 0 Å². The number of hydrogen-bond acceptors (Lipinski definition) is 3. The number of nitrogens with zero attached hydrogens (tertiary/aromatic N) is 2. The lowest BCUT2D eigenvalue weighted by molar-refractivity contribution is 0.208. The molecule has 2 heterocycles. The average molecular weight is 423 g/mol. The largest absolute Gasteiger partial charge is 0.487 e. The Kier molecular flexibility index (Phi) is 8.73. The van der Waals surface area contributed by atoms with Crippen molar-refractivity contribution in [2.75, 3.05) is 6.54 Å². The van der Waals surface area contributed by atoms with E-state index in [1.807, 2.05) is 26.8 Å². The van der Waals surface area contributed by atoms with Gasteiger partial charge in [-0.25, -0.2) is 0 Å². The van der Waals surface area contributed by atoms with Crippen LogP contribution in [0.5, 0.6) is 5.75 Å². The fraction of sp³-hybridized carbons (Fsp3) is 0.536. The van der Waals surface area contributed by atoms with Gasteiger partial charge in [0.1, 0.15) is 12.4 Å². The van der Waals surface area contributed by atoms with Gasteiger partial charge in [0.05, 0.1) is 11.7 Å². The van der Waals surface area contributed by atoms with Crippen molar-refractivity contribution in [3.63, 3.8) is 0 Å². The molecule has 1 aromatic heterocycles. The third kappa shape index (κ3) is 6.59. The predicted octanol–water partition coefficient (Wildman–Crippen LogP) is 7.56. The average Bonchev–Trinajstić information content (AvgIpc) is 2.73. The van der Waals surface area contributed by atoms with Gasteiger partial charge in [-0.15, -0.1) is 0 Å². The molecule has 1 atom stereocenters. The molecule has 3 nitrogen and oxygen atoms in total. The summed E-state index contributed by atoms with van der Waals surface area (Å²) < 4.78 is 6.11. The number of rotatable bonds is 6. The van der Waals surface area contributed by atoms with Gasteiger partial charge in [0.25, 0.3) is 0 Å². The highest BCUT2D eigenvalue weighted by molar-refractivity contribution is 5.40. The lowest BCUT2D eigenvalue weighted by Crippen LogP contribution is -2.35. The first-order chi connectivity index (χ1) is 14.7. The van der Waals surface area contributed by atoms with E-state index >= 15 is 0 Å². The monoisotopic (exact) mass is 422 g/mol. The molecule has 0 radical (unpaired) electrons. The molecule has 1 aliphatic rings. The molecule has 170 valence electrons. The van der Waals surface area contributed by atoms with Gasteiger partial charge in [0.2, 0.25) is 0 Å². The highest BCUT2D eigenvalue weighted by Crippen LogP contribution is 2.38. The second kappa shape index (κ2) is 10.8. The smallest absolute Gasteiger partial charge is 0.130 e. The Labute approximate surface area is 190 Å². The van der Waals surface area contributed by atoms with Crippen LogP contribution >= 0.6 is 0 Å². The molecular formula is C28H42N2O. The second-order valence-electron chi connectivity index (χ2n) is 9.54. The van der Waals surface area contributed by atoms with Crippen LogP contribution in [0.3, 0.4) is 0 Å². The van der Waals surface area contributed by atoms with Gasteiger partial charge in [-0.1, -0.05) is 60.3 Å². The number of fused-ring (bicyclic) bond motifs is 1. The summed E-state index contributed by atoms with van der Waals surface area (Å²) in [7, 11) is 0. The van der Waals surface area contributed by atoms with E-state index in [9.17, 15) is 0 Å². The van der Waals surface area contributed by atoms with Crippen molar-refractivity contribution in [2.24, 2.45) is 5.41 Å². The molecule has 31 heavy (non-hydrogen) atoms. The highest BCUT2D eigenvalue weighted by atomic mass is 16.5. The van der Waals surface area contributed by atoms with Gasteiger partial charge in [-0.3, -0.25) is 4.98 Å². The maximum Gasteiger partial charge on any atom is 0.130 e. The van der Waals surface area contributed by atoms with Gasteiger partial charge in [0, 0.05) is 17.9 Å². The van der Waals surface area contributed by atoms with Crippen LogP contribution in [0.25, 0.3) is 0 Å². The zero-order valence-electron chi connectivity index (χ0n) is 21.0. The van der Waals surface area contributed by atoms with Crippen LogP contribution in [0.4, 0.5) is 0 Å². The number of allylic oxidation sites excluding steroid dienone is 1. The summed E-state index contributed by atoms with van der Waals surface area (Å²) in [6, 6.07) is 11.2. The maximum atomic E-state index is 6.11. The lowest BCUT2D eigenvalue weighted by atomic mass is 9.86. The standard InChI is InChI=1S/C26H36N2O.C2H6/c1-8-25-23-12-11-22(29-17-24-18(2)9-10-19(3)27-24)15-21(23)13-14-28(25)20(4)16-26(5,6)7;1-2/h9-12,15,25H,4,8,13-14,16-17H2,1-3,5-7H3;1-2H3/t25-;/m0./s1. The number of ether oxygens (including phenoxy) is 1. The Morgan fingerprint density at radius 2 is 1.87 bits per heavy atom. The van der Waals surface area contributed by atoms with Gasteiger partial charge in [-0.05, 0) is 73.4 Å². The molecule has 0 saturated heterocycles. The van der Waals surface area contributed by atoms with Crippen LogP contribution in [0.1, 0.15) is 88.5 Å². The molecule has 0 amide bonds. The molecule has 0 aliphatic carbocycles. The summed E-state index contributed by atoms with van der Waals surface area (Å²) in [6.07, 6.45) is 3.15. The molecule has 3 rings (SSSR count). The Bertz CT molecular complexity index is 879. The number of aromatic nitrogens is 1. The van der Waals surface area contributed by atoms with Crippen molar-refractivity contribution in [1.82, 2.24) is 9.88 Å². The van der Waals surface area contributed by atoms with E-state index in [4.69, 9.17) is 4.74 Å². The summed E-state index contributed by atoms with van der Waals surface area (Å²) in [5, 5.41) is 0. The maximum absolute atomic E-state index is 6.11. The molecule has 2 aromatic rings. The van der Waals surface area contributed by atoms with Crippen molar-refractivity contribution in [1.29, 1.82) is 0 Å². The zero-order valence-corrected chi connectivity index (χ0v) is 21.0. The normalized spacial score (nSPS) is 15.6. The number of benzene rings is 1. The second-order valence-corrected chi connectivity index (χ2v) is 9.54. The van der Waals surface area contributed by atoms with Gasteiger partial charge >= 0.3 is 0 Å². The molecular weight excluding hydrogens is 380 g/mol. The Morgan fingerprint density at radius 3 is 2.52 bits per heavy atom. The Morgan fingerprint density at radius 1 is 1.16 bits per heavy atom. The molecule has 1 aliphatic heterocycles. The number of aryl methyl sites for hydroxylation is 2.